The zero-order valence-electron chi connectivity index (χ0n) is 9.04. The highest BCUT2D eigenvalue weighted by atomic mass is 32.2. The lowest BCUT2D eigenvalue weighted by atomic mass is 10.3. The van der Waals surface area contributed by atoms with Gasteiger partial charge in [0.05, 0.1) is 6.54 Å². The van der Waals surface area contributed by atoms with E-state index in [4.69, 9.17) is 9.88 Å². The summed E-state index contributed by atoms with van der Waals surface area (Å²) in [6.07, 6.45) is 1.50. The standard InChI is InChI=1S/C10H13N3O3S/c1-2-8-12-10(13-17(11,14)15)16-9-6-4-3-5-7-9/h2-7H,1,8H2,(H,12,13)(H2,11,14,15). The van der Waals surface area contributed by atoms with Gasteiger partial charge < -0.3 is 4.74 Å². The number of amidine groups is 1. The third kappa shape index (κ3) is 5.69. The first-order valence-electron chi connectivity index (χ1n) is 4.70. The van der Waals surface area contributed by atoms with Crippen molar-refractivity contribution in [2.75, 3.05) is 6.54 Å². The van der Waals surface area contributed by atoms with Gasteiger partial charge in [0.2, 0.25) is 0 Å². The number of hydrogen-bond donors (Lipinski definition) is 2. The summed E-state index contributed by atoms with van der Waals surface area (Å²) in [7, 11) is -3.91. The molecule has 0 aromatic heterocycles. The van der Waals surface area contributed by atoms with E-state index in [1.54, 1.807) is 30.3 Å². The van der Waals surface area contributed by atoms with E-state index in [0.29, 0.717) is 5.75 Å². The summed E-state index contributed by atoms with van der Waals surface area (Å²) in [6, 6.07) is 8.43. The van der Waals surface area contributed by atoms with Gasteiger partial charge in [0, 0.05) is 0 Å². The van der Waals surface area contributed by atoms with Crippen molar-refractivity contribution in [3.63, 3.8) is 0 Å². The fourth-order valence-electron chi connectivity index (χ4n) is 0.955. The Labute approximate surface area is 100.0 Å². The van der Waals surface area contributed by atoms with Gasteiger partial charge in [-0.3, -0.25) is 0 Å². The molecular formula is C10H13N3O3S. The van der Waals surface area contributed by atoms with E-state index in [1.165, 1.54) is 6.08 Å². The van der Waals surface area contributed by atoms with E-state index in [2.05, 4.69) is 11.6 Å². The lowest BCUT2D eigenvalue weighted by molar-refractivity contribution is 0.524. The molecule has 1 rings (SSSR count). The van der Waals surface area contributed by atoms with Gasteiger partial charge >= 0.3 is 6.02 Å². The van der Waals surface area contributed by atoms with Crippen LogP contribution in [-0.4, -0.2) is 21.0 Å². The molecule has 1 aromatic rings. The predicted molar refractivity (Wildman–Crippen MR) is 65.8 cm³/mol. The van der Waals surface area contributed by atoms with Crippen LogP contribution in [0, 0.1) is 0 Å². The van der Waals surface area contributed by atoms with E-state index in [9.17, 15) is 8.42 Å². The summed E-state index contributed by atoms with van der Waals surface area (Å²) < 4.78 is 28.9. The molecule has 0 saturated heterocycles. The maximum Gasteiger partial charge on any atom is 0.305 e. The quantitative estimate of drug-likeness (QED) is 0.463. The average Bonchev–Trinajstić information content (AvgIpc) is 2.25. The lowest BCUT2D eigenvalue weighted by Gasteiger charge is -2.08. The first kappa shape index (κ1) is 13.2. The van der Waals surface area contributed by atoms with Gasteiger partial charge in [-0.25, -0.2) is 14.9 Å². The van der Waals surface area contributed by atoms with E-state index in [-0.39, 0.29) is 12.6 Å². The molecule has 0 radical (unpaired) electrons. The van der Waals surface area contributed by atoms with E-state index in [0.717, 1.165) is 0 Å². The number of ether oxygens (including phenoxy) is 1. The summed E-state index contributed by atoms with van der Waals surface area (Å²) in [4.78, 5) is 3.83. The highest BCUT2D eigenvalue weighted by Crippen LogP contribution is 2.08. The number of hydrogen-bond acceptors (Lipinski definition) is 4. The topological polar surface area (TPSA) is 93.8 Å². The highest BCUT2D eigenvalue weighted by Gasteiger charge is 2.08. The molecule has 0 bridgehead atoms. The molecular weight excluding hydrogens is 242 g/mol. The zero-order chi connectivity index (χ0) is 12.7. The van der Waals surface area contributed by atoms with Crippen LogP contribution in [0.5, 0.6) is 5.75 Å². The monoisotopic (exact) mass is 255 g/mol. The van der Waals surface area contributed by atoms with Crippen molar-refractivity contribution in [3.05, 3.63) is 43.0 Å². The molecule has 0 atom stereocenters. The van der Waals surface area contributed by atoms with Crippen LogP contribution in [0.4, 0.5) is 0 Å². The number of nitrogens with zero attached hydrogens (tertiary/aromatic N) is 1. The van der Waals surface area contributed by atoms with E-state index in [1.807, 2.05) is 4.72 Å². The first-order valence-corrected chi connectivity index (χ1v) is 6.24. The third-order valence-electron chi connectivity index (χ3n) is 1.55. The van der Waals surface area contributed by atoms with E-state index < -0.39 is 10.2 Å². The van der Waals surface area contributed by atoms with Crippen molar-refractivity contribution in [2.45, 2.75) is 0 Å². The second-order valence-electron chi connectivity index (χ2n) is 3.00. The van der Waals surface area contributed by atoms with Crippen molar-refractivity contribution >= 4 is 16.2 Å². The number of para-hydroxylation sites is 1. The minimum atomic E-state index is -3.91. The summed E-state index contributed by atoms with van der Waals surface area (Å²) in [5, 5.41) is 4.84. The van der Waals surface area contributed by atoms with Crippen molar-refractivity contribution in [2.24, 2.45) is 10.1 Å². The van der Waals surface area contributed by atoms with Crippen LogP contribution in [0.3, 0.4) is 0 Å². The molecule has 6 nitrogen and oxygen atoms in total. The summed E-state index contributed by atoms with van der Waals surface area (Å²) in [6.45, 7) is 3.68. The summed E-state index contributed by atoms with van der Waals surface area (Å²) in [5.41, 5.74) is 0. The van der Waals surface area contributed by atoms with Crippen LogP contribution in [-0.2, 0) is 10.2 Å². The Balaban J connectivity index is 2.81. The van der Waals surface area contributed by atoms with Gasteiger partial charge in [0.15, 0.2) is 0 Å². The zero-order valence-corrected chi connectivity index (χ0v) is 9.85. The molecule has 0 unspecified atom stereocenters. The third-order valence-corrected chi connectivity index (χ3v) is 2.01. The maximum absolute atomic E-state index is 10.9. The Morgan fingerprint density at radius 1 is 1.47 bits per heavy atom. The average molecular weight is 255 g/mol. The van der Waals surface area contributed by atoms with Gasteiger partial charge in [0.1, 0.15) is 5.75 Å². The van der Waals surface area contributed by atoms with Crippen LogP contribution >= 0.6 is 0 Å². The molecule has 1 aromatic carbocycles. The molecule has 0 aliphatic heterocycles. The van der Waals surface area contributed by atoms with Gasteiger partial charge in [-0.05, 0) is 12.1 Å². The normalized spacial score (nSPS) is 11.9. The van der Waals surface area contributed by atoms with Gasteiger partial charge in [0.25, 0.3) is 10.2 Å². The lowest BCUT2D eigenvalue weighted by Crippen LogP contribution is -2.39. The van der Waals surface area contributed by atoms with Crippen molar-refractivity contribution in [3.8, 4) is 5.75 Å². The molecule has 0 amide bonds. The van der Waals surface area contributed by atoms with Crippen molar-refractivity contribution in [1.82, 2.24) is 4.72 Å². The molecule has 0 saturated carbocycles. The Morgan fingerprint density at radius 3 is 2.65 bits per heavy atom. The molecule has 0 fully saturated rings. The SMILES string of the molecule is C=CCN=C(NS(N)(=O)=O)Oc1ccccc1. The molecule has 0 spiro atoms. The van der Waals surface area contributed by atoms with Gasteiger partial charge in [-0.15, -0.1) is 6.58 Å². The fourth-order valence-corrected chi connectivity index (χ4v) is 1.30. The smallest absolute Gasteiger partial charge is 0.305 e. The minimum absolute atomic E-state index is 0.196. The number of rotatable bonds is 4. The highest BCUT2D eigenvalue weighted by molar-refractivity contribution is 7.87. The van der Waals surface area contributed by atoms with Crippen molar-refractivity contribution in [1.29, 1.82) is 0 Å². The molecule has 0 aliphatic rings. The molecule has 0 aliphatic carbocycles. The maximum atomic E-state index is 10.9. The predicted octanol–water partition coefficient (Wildman–Crippen LogP) is 0.401. The largest absolute Gasteiger partial charge is 0.425 e. The van der Waals surface area contributed by atoms with Crippen LogP contribution in [0.25, 0.3) is 0 Å². The summed E-state index contributed by atoms with van der Waals surface area (Å²) in [5.74, 6) is 0.450. The number of aliphatic imine (C=N–C) groups is 1. The minimum Gasteiger partial charge on any atom is -0.425 e. The van der Waals surface area contributed by atoms with Crippen LogP contribution in [0.2, 0.25) is 0 Å². The van der Waals surface area contributed by atoms with Gasteiger partial charge in [-0.2, -0.15) is 8.42 Å². The fraction of sp³-hybridized carbons (Fsp3) is 0.100. The number of benzene rings is 1. The Kier molecular flexibility index (Phi) is 4.68. The first-order chi connectivity index (χ1) is 8.01. The molecule has 7 heteroatoms. The van der Waals surface area contributed by atoms with Crippen LogP contribution < -0.4 is 14.6 Å². The Bertz CT molecular complexity index is 497. The molecule has 0 heterocycles. The second-order valence-corrected chi connectivity index (χ2v) is 4.29. The summed E-state index contributed by atoms with van der Waals surface area (Å²) >= 11 is 0. The van der Waals surface area contributed by atoms with E-state index >= 15 is 0 Å². The van der Waals surface area contributed by atoms with Crippen LogP contribution in [0.15, 0.2) is 48.0 Å². The Hall–Kier alpha value is -1.86. The molecule has 92 valence electrons. The molecule has 17 heavy (non-hydrogen) atoms. The van der Waals surface area contributed by atoms with Gasteiger partial charge in [-0.1, -0.05) is 24.3 Å². The molecule has 3 N–H and O–H groups in total. The second kappa shape index (κ2) is 6.02. The number of nitrogens with two attached hydrogens (primary N) is 1. The number of nitrogens with one attached hydrogen (secondary N) is 1. The Morgan fingerprint density at radius 2 is 2.12 bits per heavy atom. The van der Waals surface area contributed by atoms with Crippen molar-refractivity contribution < 1.29 is 13.2 Å². The van der Waals surface area contributed by atoms with Crippen LogP contribution in [0.1, 0.15) is 0 Å².